The number of hydrogen-bond acceptors (Lipinski definition) is 1. The van der Waals surface area contributed by atoms with Crippen molar-refractivity contribution in [3.05, 3.63) is 69.9 Å². The maximum Gasteiger partial charge on any atom is 0.131 e. The number of benzene rings is 1. The molecule has 1 aliphatic heterocycles. The van der Waals surface area contributed by atoms with Gasteiger partial charge in [-0.2, -0.15) is 0 Å². The van der Waals surface area contributed by atoms with Gasteiger partial charge in [0, 0.05) is 16.0 Å². The monoisotopic (exact) mass is 330 g/mol. The van der Waals surface area contributed by atoms with E-state index in [1.54, 1.807) is 0 Å². The minimum atomic E-state index is 0.0888. The van der Waals surface area contributed by atoms with E-state index in [1.807, 2.05) is 12.3 Å². The van der Waals surface area contributed by atoms with Crippen LogP contribution in [0.25, 0.3) is 0 Å². The molecule has 2 heteroatoms. The van der Waals surface area contributed by atoms with E-state index in [0.29, 0.717) is 11.8 Å². The number of hydrogen-bond donors (Lipinski definition) is 0. The van der Waals surface area contributed by atoms with Crippen molar-refractivity contribution in [1.82, 2.24) is 0 Å². The van der Waals surface area contributed by atoms with Crippen molar-refractivity contribution >= 4 is 15.9 Å². The molecule has 0 N–H and O–H groups in total. The molecule has 0 amide bonds. The van der Waals surface area contributed by atoms with Crippen molar-refractivity contribution < 1.29 is 4.74 Å². The van der Waals surface area contributed by atoms with E-state index in [1.165, 1.54) is 22.3 Å². The van der Waals surface area contributed by atoms with Gasteiger partial charge in [0.15, 0.2) is 0 Å². The van der Waals surface area contributed by atoms with Crippen molar-refractivity contribution in [1.29, 1.82) is 0 Å². The molecule has 1 nitrogen and oxygen atoms in total. The predicted molar refractivity (Wildman–Crippen MR) is 86.2 cm³/mol. The molecule has 20 heavy (non-hydrogen) atoms. The van der Waals surface area contributed by atoms with Crippen LogP contribution in [-0.4, -0.2) is 0 Å². The second kappa shape index (κ2) is 5.25. The topological polar surface area (TPSA) is 9.23 Å². The van der Waals surface area contributed by atoms with Crippen LogP contribution in [0.2, 0.25) is 0 Å². The van der Waals surface area contributed by atoms with Gasteiger partial charge in [-0.25, -0.2) is 0 Å². The molecule has 0 saturated heterocycles. The van der Waals surface area contributed by atoms with Gasteiger partial charge in [-0.05, 0) is 43.4 Å². The first-order valence-electron chi connectivity index (χ1n) is 7.02. The van der Waals surface area contributed by atoms with Gasteiger partial charge < -0.3 is 4.74 Å². The number of allylic oxidation sites excluding steroid dienone is 3. The summed E-state index contributed by atoms with van der Waals surface area (Å²) in [5, 5.41) is 0. The lowest BCUT2D eigenvalue weighted by Gasteiger charge is -2.33. The minimum Gasteiger partial charge on any atom is -0.492 e. The molecule has 1 aromatic rings. The average molecular weight is 331 g/mol. The molecule has 3 rings (SSSR count). The van der Waals surface area contributed by atoms with Gasteiger partial charge in [0.05, 0.1) is 6.26 Å². The second-order valence-electron chi connectivity index (χ2n) is 5.75. The van der Waals surface area contributed by atoms with Crippen LogP contribution in [0.1, 0.15) is 31.9 Å². The Hall–Kier alpha value is -1.28. The van der Waals surface area contributed by atoms with Crippen LogP contribution < -0.4 is 0 Å². The van der Waals surface area contributed by atoms with Gasteiger partial charge in [0.2, 0.25) is 0 Å². The van der Waals surface area contributed by atoms with E-state index in [0.717, 1.165) is 10.9 Å². The summed E-state index contributed by atoms with van der Waals surface area (Å²) in [6, 6.07) is 8.34. The molecule has 0 spiro atoms. The SMILES string of the molecule is C=C(C)[C@H]1CC=C(C)C2=CO[C@@H](c3ccccc3Br)[C@@H]21. The summed E-state index contributed by atoms with van der Waals surface area (Å²) in [5.74, 6) is 0.848. The van der Waals surface area contributed by atoms with Crippen molar-refractivity contribution in [2.45, 2.75) is 26.4 Å². The number of ether oxygens (including phenoxy) is 1. The standard InChI is InChI=1S/C18H19BrO/c1-11(2)13-9-8-12(3)15-10-20-18(17(13)15)14-6-4-5-7-16(14)19/h4-8,10,13,17-18H,1,9H2,2-3H3/t13-,17-,18+/m1/s1. The Balaban J connectivity index is 2.02. The van der Waals surface area contributed by atoms with Gasteiger partial charge in [-0.3, -0.25) is 0 Å². The van der Waals surface area contributed by atoms with E-state index in [4.69, 9.17) is 4.74 Å². The first-order chi connectivity index (χ1) is 9.59. The molecule has 0 saturated carbocycles. The molecule has 2 aliphatic rings. The van der Waals surface area contributed by atoms with Crippen LogP contribution in [0.3, 0.4) is 0 Å². The van der Waals surface area contributed by atoms with Crippen molar-refractivity contribution in [2.24, 2.45) is 11.8 Å². The largest absolute Gasteiger partial charge is 0.492 e. The summed E-state index contributed by atoms with van der Waals surface area (Å²) in [6.45, 7) is 8.50. The predicted octanol–water partition coefficient (Wildman–Crippen LogP) is 5.56. The Labute approximate surface area is 129 Å². The fraction of sp³-hybridized carbons (Fsp3) is 0.333. The molecule has 1 heterocycles. The van der Waals surface area contributed by atoms with Crippen LogP contribution in [0.15, 0.2) is 64.4 Å². The zero-order valence-electron chi connectivity index (χ0n) is 11.9. The molecule has 1 aliphatic carbocycles. The third-order valence-corrected chi connectivity index (χ3v) is 5.16. The Bertz CT molecular complexity index is 612. The highest BCUT2D eigenvalue weighted by molar-refractivity contribution is 9.10. The lowest BCUT2D eigenvalue weighted by atomic mass is 9.71. The fourth-order valence-corrected chi connectivity index (χ4v) is 3.82. The fourth-order valence-electron chi connectivity index (χ4n) is 3.30. The van der Waals surface area contributed by atoms with Crippen LogP contribution in [0.4, 0.5) is 0 Å². The molecule has 1 aromatic carbocycles. The quantitative estimate of drug-likeness (QED) is 0.645. The summed E-state index contributed by atoms with van der Waals surface area (Å²) in [7, 11) is 0. The normalized spacial score (nSPS) is 28.2. The second-order valence-corrected chi connectivity index (χ2v) is 6.61. The Morgan fingerprint density at radius 2 is 2.10 bits per heavy atom. The summed E-state index contributed by atoms with van der Waals surface area (Å²) < 4.78 is 7.16. The number of halogens is 1. The van der Waals surface area contributed by atoms with E-state index >= 15 is 0 Å². The van der Waals surface area contributed by atoms with Crippen LogP contribution in [0.5, 0.6) is 0 Å². The van der Waals surface area contributed by atoms with Crippen LogP contribution in [0, 0.1) is 11.8 Å². The highest BCUT2D eigenvalue weighted by Crippen LogP contribution is 2.51. The first kappa shape index (κ1) is 13.7. The number of rotatable bonds is 2. The highest BCUT2D eigenvalue weighted by atomic mass is 79.9. The summed E-state index contributed by atoms with van der Waals surface area (Å²) in [5.41, 5.74) is 5.16. The zero-order valence-corrected chi connectivity index (χ0v) is 13.5. The van der Waals surface area contributed by atoms with Gasteiger partial charge in [0.1, 0.15) is 6.10 Å². The lowest BCUT2D eigenvalue weighted by Crippen LogP contribution is -2.25. The van der Waals surface area contributed by atoms with Crippen LogP contribution >= 0.6 is 15.9 Å². The maximum absolute atomic E-state index is 6.04. The highest BCUT2D eigenvalue weighted by Gasteiger charge is 2.41. The molecule has 3 atom stereocenters. The summed E-state index contributed by atoms with van der Waals surface area (Å²) in [4.78, 5) is 0. The number of fused-ring (bicyclic) bond motifs is 1. The Morgan fingerprint density at radius 1 is 1.35 bits per heavy atom. The van der Waals surface area contributed by atoms with Gasteiger partial charge in [0.25, 0.3) is 0 Å². The van der Waals surface area contributed by atoms with Gasteiger partial charge in [-0.1, -0.05) is 52.4 Å². The van der Waals surface area contributed by atoms with E-state index < -0.39 is 0 Å². The van der Waals surface area contributed by atoms with E-state index in [9.17, 15) is 0 Å². The van der Waals surface area contributed by atoms with Crippen molar-refractivity contribution in [3.63, 3.8) is 0 Å². The third-order valence-electron chi connectivity index (χ3n) is 4.44. The smallest absolute Gasteiger partial charge is 0.131 e. The van der Waals surface area contributed by atoms with Gasteiger partial charge >= 0.3 is 0 Å². The average Bonchev–Trinajstić information content (AvgIpc) is 2.85. The van der Waals surface area contributed by atoms with Crippen molar-refractivity contribution in [3.8, 4) is 0 Å². The molecule has 0 radical (unpaired) electrons. The van der Waals surface area contributed by atoms with E-state index in [-0.39, 0.29) is 6.10 Å². The summed E-state index contributed by atoms with van der Waals surface area (Å²) >= 11 is 3.65. The summed E-state index contributed by atoms with van der Waals surface area (Å²) in [6.07, 6.45) is 5.42. The maximum atomic E-state index is 6.04. The molecule has 104 valence electrons. The Kier molecular flexibility index (Phi) is 3.59. The minimum absolute atomic E-state index is 0.0888. The molecule has 0 fully saturated rings. The molecule has 0 bridgehead atoms. The third kappa shape index (κ3) is 2.16. The molecular weight excluding hydrogens is 312 g/mol. The van der Waals surface area contributed by atoms with Crippen molar-refractivity contribution in [2.75, 3.05) is 0 Å². The van der Waals surface area contributed by atoms with Crippen LogP contribution in [-0.2, 0) is 4.74 Å². The van der Waals surface area contributed by atoms with E-state index in [2.05, 4.69) is 60.6 Å². The lowest BCUT2D eigenvalue weighted by molar-refractivity contribution is 0.114. The molecule has 0 aromatic heterocycles. The zero-order chi connectivity index (χ0) is 14.3. The molecule has 0 unspecified atom stereocenters. The molecular formula is C18H19BrO. The van der Waals surface area contributed by atoms with Gasteiger partial charge in [-0.15, -0.1) is 0 Å². The first-order valence-corrected chi connectivity index (χ1v) is 7.81. The Morgan fingerprint density at radius 3 is 2.80 bits per heavy atom.